The molecule has 1 N–H and O–H groups in total. The molecule has 21 heavy (non-hydrogen) atoms. The molecule has 0 saturated carbocycles. The Labute approximate surface area is 140 Å². The maximum Gasteiger partial charge on any atom is 0.120 e. The Hall–Kier alpha value is -0.930. The molecule has 1 atom stereocenters. The van der Waals surface area contributed by atoms with Crippen LogP contribution in [0.1, 0.15) is 24.1 Å². The lowest BCUT2D eigenvalue weighted by atomic mass is 9.98. The van der Waals surface area contributed by atoms with Crippen molar-refractivity contribution in [3.63, 3.8) is 0 Å². The first kappa shape index (κ1) is 16.4. The number of halogens is 3. The molecule has 0 aromatic heterocycles. The summed E-state index contributed by atoms with van der Waals surface area (Å²) in [5, 5.41) is 5.25. The van der Waals surface area contributed by atoms with Crippen LogP contribution in [-0.2, 0) is 0 Å². The molecule has 0 fully saturated rings. The van der Waals surface area contributed by atoms with Crippen LogP contribution in [0, 0.1) is 0 Å². The average molecular weight is 345 g/mol. The third-order valence-corrected chi connectivity index (χ3v) is 4.09. The molecule has 1 unspecified atom stereocenters. The molecule has 5 heteroatoms. The predicted octanol–water partition coefficient (Wildman–Crippen LogP) is 5.35. The van der Waals surface area contributed by atoms with Crippen LogP contribution in [0.5, 0.6) is 5.75 Å². The van der Waals surface area contributed by atoms with E-state index in [0.29, 0.717) is 15.1 Å². The van der Waals surface area contributed by atoms with E-state index in [9.17, 15) is 0 Å². The van der Waals surface area contributed by atoms with Gasteiger partial charge in [0.25, 0.3) is 0 Å². The van der Waals surface area contributed by atoms with E-state index in [1.165, 1.54) is 0 Å². The normalized spacial score (nSPS) is 12.2. The van der Waals surface area contributed by atoms with E-state index in [0.717, 1.165) is 23.4 Å². The van der Waals surface area contributed by atoms with Crippen LogP contribution in [0.4, 0.5) is 0 Å². The number of methoxy groups -OCH3 is 1. The molecule has 0 heterocycles. The molecule has 2 aromatic rings. The Kier molecular flexibility index (Phi) is 5.77. The Morgan fingerprint density at radius 3 is 2.14 bits per heavy atom. The SMILES string of the molecule is CCNC(c1ccc(Cl)cc1Cl)c1ccc(OC)cc1Cl. The van der Waals surface area contributed by atoms with Gasteiger partial charge in [-0.25, -0.2) is 0 Å². The lowest BCUT2D eigenvalue weighted by molar-refractivity contribution is 0.414. The van der Waals surface area contributed by atoms with Crippen LogP contribution in [0.3, 0.4) is 0 Å². The monoisotopic (exact) mass is 343 g/mol. The third-order valence-electron chi connectivity index (χ3n) is 3.20. The fourth-order valence-electron chi connectivity index (χ4n) is 2.20. The van der Waals surface area contributed by atoms with Crippen LogP contribution in [0.2, 0.25) is 15.1 Å². The number of benzene rings is 2. The summed E-state index contributed by atoms with van der Waals surface area (Å²) in [7, 11) is 1.61. The first-order valence-electron chi connectivity index (χ1n) is 6.58. The maximum atomic E-state index is 6.38. The van der Waals surface area contributed by atoms with Gasteiger partial charge in [-0.1, -0.05) is 53.9 Å². The molecule has 2 nitrogen and oxygen atoms in total. The lowest BCUT2D eigenvalue weighted by Gasteiger charge is -2.21. The van der Waals surface area contributed by atoms with Crippen molar-refractivity contribution in [3.05, 3.63) is 62.6 Å². The van der Waals surface area contributed by atoms with E-state index in [1.807, 2.05) is 31.2 Å². The van der Waals surface area contributed by atoms with Crippen molar-refractivity contribution in [1.82, 2.24) is 5.32 Å². The van der Waals surface area contributed by atoms with E-state index in [-0.39, 0.29) is 6.04 Å². The molecule has 112 valence electrons. The quantitative estimate of drug-likeness (QED) is 0.789. The highest BCUT2D eigenvalue weighted by atomic mass is 35.5. The molecule has 0 saturated heterocycles. The van der Waals surface area contributed by atoms with Crippen molar-refractivity contribution in [1.29, 1.82) is 0 Å². The van der Waals surface area contributed by atoms with E-state index < -0.39 is 0 Å². The maximum absolute atomic E-state index is 6.38. The van der Waals surface area contributed by atoms with Crippen molar-refractivity contribution in [2.75, 3.05) is 13.7 Å². The molecule has 0 aliphatic rings. The molecular weight excluding hydrogens is 329 g/mol. The topological polar surface area (TPSA) is 21.3 Å². The fraction of sp³-hybridized carbons (Fsp3) is 0.250. The molecule has 2 rings (SSSR count). The van der Waals surface area contributed by atoms with Gasteiger partial charge in [0, 0.05) is 15.1 Å². The highest BCUT2D eigenvalue weighted by molar-refractivity contribution is 6.35. The van der Waals surface area contributed by atoms with E-state index >= 15 is 0 Å². The van der Waals surface area contributed by atoms with Gasteiger partial charge in [-0.2, -0.15) is 0 Å². The number of ether oxygens (including phenoxy) is 1. The van der Waals surface area contributed by atoms with Crippen molar-refractivity contribution in [2.24, 2.45) is 0 Å². The Morgan fingerprint density at radius 1 is 1.00 bits per heavy atom. The van der Waals surface area contributed by atoms with E-state index in [1.54, 1.807) is 19.2 Å². The van der Waals surface area contributed by atoms with Gasteiger partial charge < -0.3 is 10.1 Å². The molecular formula is C16H16Cl3NO. The van der Waals surface area contributed by atoms with Crippen LogP contribution in [-0.4, -0.2) is 13.7 Å². The second kappa shape index (κ2) is 7.37. The smallest absolute Gasteiger partial charge is 0.120 e. The number of rotatable bonds is 5. The van der Waals surface area contributed by atoms with Crippen LogP contribution < -0.4 is 10.1 Å². The van der Waals surface area contributed by atoms with Gasteiger partial charge in [-0.15, -0.1) is 0 Å². The minimum absolute atomic E-state index is 0.0989. The van der Waals surface area contributed by atoms with Crippen LogP contribution >= 0.6 is 34.8 Å². The second-order valence-electron chi connectivity index (χ2n) is 4.54. The van der Waals surface area contributed by atoms with Gasteiger partial charge >= 0.3 is 0 Å². The average Bonchev–Trinajstić information content (AvgIpc) is 2.46. The Balaban J connectivity index is 2.48. The molecule has 0 bridgehead atoms. The second-order valence-corrected chi connectivity index (χ2v) is 5.79. The van der Waals surface area contributed by atoms with Crippen LogP contribution in [0.15, 0.2) is 36.4 Å². The zero-order chi connectivity index (χ0) is 15.4. The van der Waals surface area contributed by atoms with Crippen molar-refractivity contribution >= 4 is 34.8 Å². The zero-order valence-corrected chi connectivity index (χ0v) is 14.1. The van der Waals surface area contributed by atoms with Crippen LogP contribution in [0.25, 0.3) is 0 Å². The largest absolute Gasteiger partial charge is 0.497 e. The van der Waals surface area contributed by atoms with Gasteiger partial charge in [0.15, 0.2) is 0 Å². The first-order valence-corrected chi connectivity index (χ1v) is 7.72. The fourth-order valence-corrected chi connectivity index (χ4v) is 2.99. The molecule has 0 spiro atoms. The summed E-state index contributed by atoms with van der Waals surface area (Å²) >= 11 is 18.7. The van der Waals surface area contributed by atoms with Gasteiger partial charge in [0.05, 0.1) is 13.2 Å². The number of nitrogens with one attached hydrogen (secondary N) is 1. The van der Waals surface area contributed by atoms with Crippen molar-refractivity contribution in [3.8, 4) is 5.75 Å². The summed E-state index contributed by atoms with van der Waals surface area (Å²) in [5.41, 5.74) is 1.89. The van der Waals surface area contributed by atoms with E-state index in [4.69, 9.17) is 39.5 Å². The third kappa shape index (κ3) is 3.83. The standard InChI is InChI=1S/C16H16Cl3NO/c1-3-20-16(12-6-4-10(17)8-14(12)18)13-7-5-11(21-2)9-15(13)19/h4-9,16,20H,3H2,1-2H3. The van der Waals surface area contributed by atoms with Crippen molar-refractivity contribution in [2.45, 2.75) is 13.0 Å². The van der Waals surface area contributed by atoms with E-state index in [2.05, 4.69) is 5.32 Å². The molecule has 2 aromatic carbocycles. The molecule has 0 amide bonds. The summed E-state index contributed by atoms with van der Waals surface area (Å²) in [6.07, 6.45) is 0. The minimum atomic E-state index is -0.0989. The Bertz CT molecular complexity index is 631. The van der Waals surface area contributed by atoms with Crippen molar-refractivity contribution < 1.29 is 4.74 Å². The van der Waals surface area contributed by atoms with Gasteiger partial charge in [-0.05, 0) is 41.9 Å². The predicted molar refractivity (Wildman–Crippen MR) is 90.0 cm³/mol. The summed E-state index contributed by atoms with van der Waals surface area (Å²) in [5.74, 6) is 0.723. The van der Waals surface area contributed by atoms with Gasteiger partial charge in [0.1, 0.15) is 5.75 Å². The Morgan fingerprint density at radius 2 is 1.62 bits per heavy atom. The summed E-state index contributed by atoms with van der Waals surface area (Å²) < 4.78 is 5.19. The minimum Gasteiger partial charge on any atom is -0.497 e. The summed E-state index contributed by atoms with van der Waals surface area (Å²) in [4.78, 5) is 0. The molecule has 0 radical (unpaired) electrons. The zero-order valence-electron chi connectivity index (χ0n) is 11.8. The highest BCUT2D eigenvalue weighted by Gasteiger charge is 2.19. The number of hydrogen-bond acceptors (Lipinski definition) is 2. The van der Waals surface area contributed by atoms with Gasteiger partial charge in [0.2, 0.25) is 0 Å². The first-order chi connectivity index (χ1) is 10.1. The summed E-state index contributed by atoms with van der Waals surface area (Å²) in [6, 6.07) is 11.0. The highest BCUT2D eigenvalue weighted by Crippen LogP contribution is 2.35. The lowest BCUT2D eigenvalue weighted by Crippen LogP contribution is -2.22. The molecule has 0 aliphatic carbocycles. The van der Waals surface area contributed by atoms with Gasteiger partial charge in [-0.3, -0.25) is 0 Å². The molecule has 0 aliphatic heterocycles. The number of hydrogen-bond donors (Lipinski definition) is 1. The summed E-state index contributed by atoms with van der Waals surface area (Å²) in [6.45, 7) is 2.82.